The van der Waals surface area contributed by atoms with Crippen LogP contribution in [0, 0.1) is 5.82 Å². The first-order chi connectivity index (χ1) is 9.13. The van der Waals surface area contributed by atoms with E-state index in [1.165, 1.54) is 18.2 Å². The third kappa shape index (κ3) is 2.88. The van der Waals surface area contributed by atoms with Crippen LogP contribution < -0.4 is 20.5 Å². The Labute approximate surface area is 111 Å². The Morgan fingerprint density at radius 3 is 2.47 bits per heavy atom. The summed E-state index contributed by atoms with van der Waals surface area (Å²) in [7, 11) is 3.13. The lowest BCUT2D eigenvalue weighted by molar-refractivity contribution is 0.395. The van der Waals surface area contributed by atoms with E-state index in [4.69, 9.17) is 15.2 Å². The van der Waals surface area contributed by atoms with Gasteiger partial charge in [0.15, 0.2) is 0 Å². The van der Waals surface area contributed by atoms with Gasteiger partial charge >= 0.3 is 0 Å². The molecule has 4 nitrogen and oxygen atoms in total. The Balaban J connectivity index is 2.35. The third-order valence-corrected chi connectivity index (χ3v) is 2.69. The van der Waals surface area contributed by atoms with Crippen molar-refractivity contribution in [1.29, 1.82) is 0 Å². The number of halogens is 1. The average Bonchev–Trinajstić information content (AvgIpc) is 2.43. The molecule has 0 aliphatic heterocycles. The summed E-state index contributed by atoms with van der Waals surface area (Å²) in [6.45, 7) is 0. The van der Waals surface area contributed by atoms with Gasteiger partial charge in [0, 0.05) is 6.07 Å². The quantitative estimate of drug-likeness (QED) is 0.831. The normalized spacial score (nSPS) is 10.1. The summed E-state index contributed by atoms with van der Waals surface area (Å²) in [4.78, 5) is 0. The molecule has 0 saturated carbocycles. The predicted octanol–water partition coefficient (Wildman–Crippen LogP) is 3.17. The Morgan fingerprint density at radius 1 is 1.00 bits per heavy atom. The fourth-order valence-electron chi connectivity index (χ4n) is 1.68. The van der Waals surface area contributed by atoms with E-state index in [9.17, 15) is 4.39 Å². The molecule has 19 heavy (non-hydrogen) atoms. The van der Waals surface area contributed by atoms with Crippen molar-refractivity contribution in [2.75, 3.05) is 25.3 Å². The first-order valence-electron chi connectivity index (χ1n) is 5.68. The van der Waals surface area contributed by atoms with Gasteiger partial charge in [-0.1, -0.05) is 0 Å². The summed E-state index contributed by atoms with van der Waals surface area (Å²) in [6, 6.07) is 9.44. The van der Waals surface area contributed by atoms with Crippen LogP contribution in [-0.2, 0) is 0 Å². The van der Waals surface area contributed by atoms with Gasteiger partial charge in [-0.05, 0) is 30.3 Å². The zero-order valence-electron chi connectivity index (χ0n) is 10.7. The number of benzene rings is 2. The lowest BCUT2D eigenvalue weighted by atomic mass is 10.2. The molecular weight excluding hydrogens is 247 g/mol. The molecule has 2 aromatic rings. The fourth-order valence-corrected chi connectivity index (χ4v) is 1.68. The third-order valence-electron chi connectivity index (χ3n) is 2.69. The number of nitrogens with one attached hydrogen (secondary N) is 1. The molecule has 0 unspecified atom stereocenters. The summed E-state index contributed by atoms with van der Waals surface area (Å²) in [6.07, 6.45) is 0. The Kier molecular flexibility index (Phi) is 3.75. The SMILES string of the molecule is COc1ccc(Nc2cc(F)ccc2N)c(OC)c1. The molecule has 0 aromatic heterocycles. The maximum atomic E-state index is 13.2. The van der Waals surface area contributed by atoms with E-state index in [1.54, 1.807) is 32.4 Å². The van der Waals surface area contributed by atoms with Gasteiger partial charge in [0.05, 0.1) is 31.3 Å². The second kappa shape index (κ2) is 5.48. The summed E-state index contributed by atoms with van der Waals surface area (Å²) in [5, 5.41) is 3.04. The van der Waals surface area contributed by atoms with Crippen LogP contribution >= 0.6 is 0 Å². The second-order valence-electron chi connectivity index (χ2n) is 3.92. The van der Waals surface area contributed by atoms with E-state index in [1.807, 2.05) is 0 Å². The summed E-state index contributed by atoms with van der Waals surface area (Å²) < 4.78 is 23.6. The molecule has 0 amide bonds. The molecule has 2 rings (SSSR count). The minimum absolute atomic E-state index is 0.357. The van der Waals surface area contributed by atoms with Crippen LogP contribution in [0.5, 0.6) is 11.5 Å². The van der Waals surface area contributed by atoms with Crippen LogP contribution in [0.4, 0.5) is 21.5 Å². The van der Waals surface area contributed by atoms with Crippen molar-refractivity contribution < 1.29 is 13.9 Å². The number of rotatable bonds is 4. The standard InChI is InChI=1S/C14H15FN2O2/c1-18-10-4-6-12(14(8-10)19-2)17-13-7-9(15)3-5-11(13)16/h3-8,17H,16H2,1-2H3. The molecule has 0 saturated heterocycles. The van der Waals surface area contributed by atoms with Gasteiger partial charge in [0.25, 0.3) is 0 Å². The van der Waals surface area contributed by atoms with Gasteiger partial charge in [-0.2, -0.15) is 0 Å². The summed E-state index contributed by atoms with van der Waals surface area (Å²) in [5.41, 5.74) is 7.42. The highest BCUT2D eigenvalue weighted by atomic mass is 19.1. The topological polar surface area (TPSA) is 56.5 Å². The molecule has 0 fully saturated rings. The Morgan fingerprint density at radius 2 is 1.79 bits per heavy atom. The number of methoxy groups -OCH3 is 2. The number of nitrogens with two attached hydrogens (primary N) is 1. The molecule has 0 aliphatic rings. The predicted molar refractivity (Wildman–Crippen MR) is 73.6 cm³/mol. The molecule has 0 heterocycles. The lowest BCUT2D eigenvalue weighted by Crippen LogP contribution is -1.99. The van der Waals surface area contributed by atoms with Crippen molar-refractivity contribution in [1.82, 2.24) is 0 Å². The molecule has 100 valence electrons. The van der Waals surface area contributed by atoms with Crippen LogP contribution in [0.2, 0.25) is 0 Å². The first kappa shape index (κ1) is 13.0. The molecule has 0 bridgehead atoms. The average molecular weight is 262 g/mol. The van der Waals surface area contributed by atoms with E-state index >= 15 is 0 Å². The van der Waals surface area contributed by atoms with E-state index < -0.39 is 0 Å². The van der Waals surface area contributed by atoms with Crippen molar-refractivity contribution >= 4 is 17.1 Å². The molecule has 3 N–H and O–H groups in total. The number of nitrogen functional groups attached to an aromatic ring is 1. The maximum absolute atomic E-state index is 13.2. The molecule has 2 aromatic carbocycles. The number of hydrogen-bond donors (Lipinski definition) is 2. The van der Waals surface area contributed by atoms with Crippen LogP contribution in [-0.4, -0.2) is 14.2 Å². The molecule has 5 heteroatoms. The molecular formula is C14H15FN2O2. The van der Waals surface area contributed by atoms with Crippen molar-refractivity contribution in [3.05, 3.63) is 42.2 Å². The molecule has 0 spiro atoms. The van der Waals surface area contributed by atoms with Crippen LogP contribution in [0.3, 0.4) is 0 Å². The number of hydrogen-bond acceptors (Lipinski definition) is 4. The fraction of sp³-hybridized carbons (Fsp3) is 0.143. The smallest absolute Gasteiger partial charge is 0.145 e. The zero-order valence-corrected chi connectivity index (χ0v) is 10.7. The molecule has 0 aliphatic carbocycles. The van der Waals surface area contributed by atoms with Crippen molar-refractivity contribution in [2.24, 2.45) is 0 Å². The molecule has 0 atom stereocenters. The lowest BCUT2D eigenvalue weighted by Gasteiger charge is -2.14. The highest BCUT2D eigenvalue weighted by molar-refractivity contribution is 5.75. The summed E-state index contributed by atoms with van der Waals surface area (Å²) in [5.74, 6) is 0.904. The van der Waals surface area contributed by atoms with Gasteiger partial charge in [-0.15, -0.1) is 0 Å². The first-order valence-corrected chi connectivity index (χ1v) is 5.68. The van der Waals surface area contributed by atoms with Crippen molar-refractivity contribution in [2.45, 2.75) is 0 Å². The van der Waals surface area contributed by atoms with E-state index in [-0.39, 0.29) is 5.82 Å². The van der Waals surface area contributed by atoms with Crippen LogP contribution in [0.25, 0.3) is 0 Å². The summed E-state index contributed by atoms with van der Waals surface area (Å²) >= 11 is 0. The van der Waals surface area contributed by atoms with E-state index in [0.29, 0.717) is 28.6 Å². The highest BCUT2D eigenvalue weighted by Gasteiger charge is 2.07. The van der Waals surface area contributed by atoms with Gasteiger partial charge < -0.3 is 20.5 Å². The second-order valence-corrected chi connectivity index (χ2v) is 3.92. The Bertz CT molecular complexity index is 588. The minimum atomic E-state index is -0.357. The van der Waals surface area contributed by atoms with E-state index in [0.717, 1.165) is 0 Å². The number of anilines is 3. The molecule has 0 radical (unpaired) electrons. The minimum Gasteiger partial charge on any atom is -0.497 e. The number of ether oxygens (including phenoxy) is 2. The maximum Gasteiger partial charge on any atom is 0.145 e. The van der Waals surface area contributed by atoms with Crippen LogP contribution in [0.1, 0.15) is 0 Å². The van der Waals surface area contributed by atoms with Crippen molar-refractivity contribution in [3.8, 4) is 11.5 Å². The Hall–Kier alpha value is -2.43. The van der Waals surface area contributed by atoms with Gasteiger partial charge in [0.2, 0.25) is 0 Å². The van der Waals surface area contributed by atoms with Gasteiger partial charge in [0.1, 0.15) is 17.3 Å². The van der Waals surface area contributed by atoms with E-state index in [2.05, 4.69) is 5.32 Å². The largest absolute Gasteiger partial charge is 0.497 e. The monoisotopic (exact) mass is 262 g/mol. The van der Waals surface area contributed by atoms with Gasteiger partial charge in [-0.25, -0.2) is 4.39 Å². The zero-order chi connectivity index (χ0) is 13.8. The highest BCUT2D eigenvalue weighted by Crippen LogP contribution is 2.33. The van der Waals surface area contributed by atoms with Gasteiger partial charge in [-0.3, -0.25) is 0 Å². The van der Waals surface area contributed by atoms with Crippen molar-refractivity contribution in [3.63, 3.8) is 0 Å². The van der Waals surface area contributed by atoms with Crippen LogP contribution in [0.15, 0.2) is 36.4 Å².